The number of aliphatic hydroxyl groups excluding tert-OH is 1. The first-order chi connectivity index (χ1) is 39.1. The van der Waals surface area contributed by atoms with Crippen molar-refractivity contribution in [2.75, 3.05) is 39.6 Å². The van der Waals surface area contributed by atoms with Crippen molar-refractivity contribution in [3.05, 3.63) is 0 Å². The number of carbonyl (C=O) groups is 4. The normalized spacial score (nSPS) is 14.6. The van der Waals surface area contributed by atoms with Crippen molar-refractivity contribution in [3.63, 3.8) is 0 Å². The van der Waals surface area contributed by atoms with Gasteiger partial charge in [-0.3, -0.25) is 37.3 Å². The van der Waals surface area contributed by atoms with Crippen LogP contribution < -0.4 is 0 Å². The number of esters is 4. The fourth-order valence-corrected chi connectivity index (χ4v) is 10.8. The van der Waals surface area contributed by atoms with Crippen LogP contribution in [0.15, 0.2) is 0 Å². The van der Waals surface area contributed by atoms with Crippen LogP contribution in [-0.4, -0.2) is 96.7 Å². The number of phosphoric ester groups is 2. The SMILES string of the molecule is CCCCCCCCCCCCCCCCCCCC(=O)O[C@H](COC(=O)CCCCCCCCCCC(C)CC)COP(=O)(O)OC[C@@H](O)COP(=O)(O)OC[C@@H](COC(=O)CCCCCCC)OC(=O)CCCCCCCCC. The summed E-state index contributed by atoms with van der Waals surface area (Å²) in [5.41, 5.74) is 0. The Kier molecular flexibility index (Phi) is 54.6. The van der Waals surface area contributed by atoms with Crippen LogP contribution in [0.1, 0.15) is 311 Å². The van der Waals surface area contributed by atoms with Gasteiger partial charge in [-0.05, 0) is 31.6 Å². The predicted molar refractivity (Wildman–Crippen MR) is 322 cm³/mol. The summed E-state index contributed by atoms with van der Waals surface area (Å²) >= 11 is 0. The first-order valence-electron chi connectivity index (χ1n) is 32.7. The van der Waals surface area contributed by atoms with Gasteiger partial charge < -0.3 is 33.8 Å². The van der Waals surface area contributed by atoms with Gasteiger partial charge in [0.1, 0.15) is 19.3 Å². The highest BCUT2D eigenvalue weighted by atomic mass is 31.2. The summed E-state index contributed by atoms with van der Waals surface area (Å²) < 4.78 is 67.6. The zero-order chi connectivity index (χ0) is 59.9. The Hall–Kier alpha value is -1.94. The summed E-state index contributed by atoms with van der Waals surface area (Å²) in [5, 5.41) is 10.5. The molecular formula is C62H120O17P2. The van der Waals surface area contributed by atoms with E-state index in [1.807, 2.05) is 0 Å². The Bertz CT molecular complexity index is 1590. The molecule has 0 radical (unpaired) electrons. The Morgan fingerprint density at radius 2 is 0.593 bits per heavy atom. The van der Waals surface area contributed by atoms with E-state index < -0.39 is 97.5 Å². The third kappa shape index (κ3) is 55.7. The lowest BCUT2D eigenvalue weighted by Crippen LogP contribution is -2.30. The number of carbonyl (C=O) groups excluding carboxylic acids is 4. The molecule has 0 heterocycles. The van der Waals surface area contributed by atoms with Crippen LogP contribution in [0, 0.1) is 5.92 Å². The molecular weight excluding hydrogens is 1080 g/mol. The van der Waals surface area contributed by atoms with Gasteiger partial charge in [-0.2, -0.15) is 0 Å². The van der Waals surface area contributed by atoms with Crippen LogP contribution in [0.3, 0.4) is 0 Å². The summed E-state index contributed by atoms with van der Waals surface area (Å²) in [5.74, 6) is -1.37. The molecule has 3 N–H and O–H groups in total. The van der Waals surface area contributed by atoms with Gasteiger partial charge in [-0.15, -0.1) is 0 Å². The van der Waals surface area contributed by atoms with Crippen LogP contribution in [0.5, 0.6) is 0 Å². The number of aliphatic hydroxyl groups is 1. The maximum atomic E-state index is 13.0. The minimum absolute atomic E-state index is 0.103. The third-order valence-corrected chi connectivity index (χ3v) is 16.5. The molecule has 81 heavy (non-hydrogen) atoms. The maximum Gasteiger partial charge on any atom is 0.472 e. The van der Waals surface area contributed by atoms with Gasteiger partial charge in [0.25, 0.3) is 0 Å². The molecule has 0 aromatic heterocycles. The van der Waals surface area contributed by atoms with E-state index in [4.69, 9.17) is 37.0 Å². The van der Waals surface area contributed by atoms with Gasteiger partial charge in [0.2, 0.25) is 0 Å². The lowest BCUT2D eigenvalue weighted by atomic mass is 9.99. The van der Waals surface area contributed by atoms with Crippen molar-refractivity contribution in [2.45, 2.75) is 329 Å². The van der Waals surface area contributed by atoms with Crippen molar-refractivity contribution in [3.8, 4) is 0 Å². The molecule has 0 aromatic carbocycles. The minimum atomic E-state index is -4.94. The van der Waals surface area contributed by atoms with E-state index in [0.717, 1.165) is 115 Å². The molecule has 6 atom stereocenters. The predicted octanol–water partition coefficient (Wildman–Crippen LogP) is 17.0. The first-order valence-corrected chi connectivity index (χ1v) is 35.7. The average Bonchev–Trinajstić information content (AvgIpc) is 3.44. The molecule has 0 saturated heterocycles. The minimum Gasteiger partial charge on any atom is -0.462 e. The van der Waals surface area contributed by atoms with Gasteiger partial charge in [-0.1, -0.05) is 259 Å². The van der Waals surface area contributed by atoms with Gasteiger partial charge in [0.15, 0.2) is 12.2 Å². The zero-order valence-electron chi connectivity index (χ0n) is 51.9. The van der Waals surface area contributed by atoms with Gasteiger partial charge in [0.05, 0.1) is 26.4 Å². The van der Waals surface area contributed by atoms with E-state index in [2.05, 4.69) is 34.6 Å². The molecule has 0 aliphatic heterocycles. The number of ether oxygens (including phenoxy) is 4. The molecule has 0 bridgehead atoms. The van der Waals surface area contributed by atoms with Crippen molar-refractivity contribution >= 4 is 39.5 Å². The highest BCUT2D eigenvalue weighted by Gasteiger charge is 2.30. The molecule has 0 aliphatic carbocycles. The van der Waals surface area contributed by atoms with Crippen LogP contribution in [-0.2, 0) is 65.4 Å². The smallest absolute Gasteiger partial charge is 0.462 e. The average molecular weight is 1200 g/mol. The van der Waals surface area contributed by atoms with Gasteiger partial charge >= 0.3 is 39.5 Å². The Labute approximate surface area is 492 Å². The van der Waals surface area contributed by atoms with Crippen LogP contribution in [0.2, 0.25) is 0 Å². The molecule has 0 aromatic rings. The molecule has 19 heteroatoms. The highest BCUT2D eigenvalue weighted by Crippen LogP contribution is 2.45. The Balaban J connectivity index is 5.14. The largest absolute Gasteiger partial charge is 0.472 e. The highest BCUT2D eigenvalue weighted by molar-refractivity contribution is 7.47. The molecule has 0 aliphatic rings. The summed E-state index contributed by atoms with van der Waals surface area (Å²) in [6.45, 7) is 7.05. The van der Waals surface area contributed by atoms with Gasteiger partial charge in [-0.25, -0.2) is 9.13 Å². The third-order valence-electron chi connectivity index (χ3n) is 14.6. The van der Waals surface area contributed by atoms with E-state index in [0.29, 0.717) is 25.7 Å². The molecule has 0 spiro atoms. The number of phosphoric acid groups is 2. The van der Waals surface area contributed by atoms with Crippen molar-refractivity contribution < 1.29 is 80.2 Å². The van der Waals surface area contributed by atoms with Crippen LogP contribution in [0.25, 0.3) is 0 Å². The van der Waals surface area contributed by atoms with Crippen LogP contribution >= 0.6 is 15.6 Å². The van der Waals surface area contributed by atoms with Crippen molar-refractivity contribution in [2.24, 2.45) is 5.92 Å². The molecule has 0 saturated carbocycles. The van der Waals surface area contributed by atoms with E-state index in [1.165, 1.54) is 116 Å². The maximum absolute atomic E-state index is 13.0. The summed E-state index contributed by atoms with van der Waals surface area (Å²) in [7, 11) is -9.87. The second-order valence-corrected chi connectivity index (χ2v) is 25.6. The zero-order valence-corrected chi connectivity index (χ0v) is 53.7. The number of hydrogen-bond acceptors (Lipinski definition) is 15. The van der Waals surface area contributed by atoms with E-state index in [-0.39, 0.29) is 25.7 Å². The summed E-state index contributed by atoms with van der Waals surface area (Å²) in [4.78, 5) is 71.7. The molecule has 3 unspecified atom stereocenters. The fourth-order valence-electron chi connectivity index (χ4n) is 9.20. The topological polar surface area (TPSA) is 237 Å². The summed E-state index contributed by atoms with van der Waals surface area (Å²) in [6, 6.07) is 0. The molecule has 0 amide bonds. The number of hydrogen-bond donors (Lipinski definition) is 3. The Morgan fingerprint density at radius 1 is 0.346 bits per heavy atom. The molecule has 17 nitrogen and oxygen atoms in total. The van der Waals surface area contributed by atoms with E-state index in [9.17, 15) is 43.2 Å². The van der Waals surface area contributed by atoms with Crippen LogP contribution in [0.4, 0.5) is 0 Å². The molecule has 0 fully saturated rings. The molecule has 480 valence electrons. The fraction of sp³-hybridized carbons (Fsp3) is 0.935. The standard InChI is InChI=1S/C62H120O17P2/c1-6-10-13-16-18-19-20-21-22-23-24-25-26-27-33-38-43-48-62(67)79-58(52-73-60(65)46-41-36-32-29-28-31-35-39-44-55(5)9-4)54-77-81(70,71)75-50-56(63)49-74-80(68,69)76-53-57(51-72-59(64)45-40-34-15-12-8-3)78-61(66)47-42-37-30-17-14-11-7-2/h55-58,63H,6-54H2,1-5H3,(H,68,69)(H,70,71)/t55?,56-,57+,58+/m0/s1. The molecule has 0 rings (SSSR count). The van der Waals surface area contributed by atoms with E-state index >= 15 is 0 Å². The lowest BCUT2D eigenvalue weighted by molar-refractivity contribution is -0.161. The summed E-state index contributed by atoms with van der Waals surface area (Å²) in [6.07, 6.45) is 39.4. The lowest BCUT2D eigenvalue weighted by Gasteiger charge is -2.21. The second-order valence-electron chi connectivity index (χ2n) is 22.7. The monoisotopic (exact) mass is 1200 g/mol. The first kappa shape index (κ1) is 79.1. The number of rotatable bonds is 62. The second kappa shape index (κ2) is 55.9. The van der Waals surface area contributed by atoms with Crippen molar-refractivity contribution in [1.82, 2.24) is 0 Å². The van der Waals surface area contributed by atoms with E-state index in [1.54, 1.807) is 0 Å². The Morgan fingerprint density at radius 3 is 0.877 bits per heavy atom. The van der Waals surface area contributed by atoms with Crippen molar-refractivity contribution in [1.29, 1.82) is 0 Å². The van der Waals surface area contributed by atoms with Gasteiger partial charge in [0, 0.05) is 25.7 Å². The quantitative estimate of drug-likeness (QED) is 0.0222. The number of unbranched alkanes of at least 4 members (excludes halogenated alkanes) is 33.